The molecule has 1 heterocycles. The van der Waals surface area contributed by atoms with Crippen molar-refractivity contribution in [3.05, 3.63) is 65.9 Å². The molecule has 0 spiro atoms. The van der Waals surface area contributed by atoms with Gasteiger partial charge in [-0.1, -0.05) is 44.2 Å². The van der Waals surface area contributed by atoms with Gasteiger partial charge in [-0.2, -0.15) is 0 Å². The van der Waals surface area contributed by atoms with Crippen LogP contribution in [0.2, 0.25) is 0 Å². The Balaban J connectivity index is 1.64. The molecule has 134 valence electrons. The van der Waals surface area contributed by atoms with E-state index in [4.69, 9.17) is 4.74 Å². The van der Waals surface area contributed by atoms with Crippen LogP contribution in [-0.2, 0) is 9.53 Å². The average molecular weight is 350 g/mol. The van der Waals surface area contributed by atoms with E-state index < -0.39 is 12.1 Å². The third kappa shape index (κ3) is 3.77. The van der Waals surface area contributed by atoms with Gasteiger partial charge in [-0.3, -0.25) is 4.79 Å². The van der Waals surface area contributed by atoms with E-state index in [1.54, 1.807) is 13.1 Å². The van der Waals surface area contributed by atoms with Crippen LogP contribution in [0.5, 0.6) is 0 Å². The highest BCUT2D eigenvalue weighted by molar-refractivity contribution is 6.05. The van der Waals surface area contributed by atoms with E-state index in [0.717, 1.165) is 10.9 Å². The van der Waals surface area contributed by atoms with E-state index in [1.165, 1.54) is 5.56 Å². The third-order valence-corrected chi connectivity index (χ3v) is 4.31. The Hall–Kier alpha value is -3.08. The zero-order valence-corrected chi connectivity index (χ0v) is 15.1. The largest absolute Gasteiger partial charge is 0.449 e. The molecule has 0 aliphatic rings. The van der Waals surface area contributed by atoms with Gasteiger partial charge in [0.25, 0.3) is 5.91 Å². The summed E-state index contributed by atoms with van der Waals surface area (Å²) in [7, 11) is 0. The Morgan fingerprint density at radius 2 is 1.69 bits per heavy atom. The van der Waals surface area contributed by atoms with Crippen LogP contribution in [0, 0.1) is 0 Å². The highest BCUT2D eigenvalue weighted by atomic mass is 16.5. The molecule has 1 atom stereocenters. The highest BCUT2D eigenvalue weighted by Crippen LogP contribution is 2.20. The molecule has 0 bridgehead atoms. The van der Waals surface area contributed by atoms with Gasteiger partial charge in [-0.15, -0.1) is 0 Å². The Morgan fingerprint density at radius 3 is 2.38 bits per heavy atom. The van der Waals surface area contributed by atoms with Crippen molar-refractivity contribution in [1.29, 1.82) is 0 Å². The summed E-state index contributed by atoms with van der Waals surface area (Å²) in [6.07, 6.45) is 0.698. The van der Waals surface area contributed by atoms with Crippen molar-refractivity contribution >= 4 is 28.5 Å². The van der Waals surface area contributed by atoms with Crippen molar-refractivity contribution in [2.75, 3.05) is 5.32 Å². The summed E-state index contributed by atoms with van der Waals surface area (Å²) in [5.41, 5.74) is 3.14. The maximum Gasteiger partial charge on any atom is 0.341 e. The molecule has 0 aliphatic carbocycles. The van der Waals surface area contributed by atoms with E-state index in [9.17, 15) is 9.59 Å². The summed E-state index contributed by atoms with van der Waals surface area (Å²) in [6.45, 7) is 5.78. The number of H-pyrrole nitrogens is 1. The number of aromatic amines is 1. The summed E-state index contributed by atoms with van der Waals surface area (Å²) >= 11 is 0. The topological polar surface area (TPSA) is 71.2 Å². The second-order valence-corrected chi connectivity index (χ2v) is 6.56. The summed E-state index contributed by atoms with van der Waals surface area (Å²) < 4.78 is 5.33. The van der Waals surface area contributed by atoms with Crippen LogP contribution in [0.3, 0.4) is 0 Å². The monoisotopic (exact) mass is 350 g/mol. The van der Waals surface area contributed by atoms with Gasteiger partial charge in [-0.25, -0.2) is 4.79 Å². The molecule has 1 aromatic heterocycles. The molecule has 0 fully saturated rings. The fourth-order valence-electron chi connectivity index (χ4n) is 2.71. The van der Waals surface area contributed by atoms with Crippen molar-refractivity contribution in [3.8, 4) is 0 Å². The fraction of sp³-hybridized carbons (Fsp3) is 0.238. The molecule has 0 aliphatic heterocycles. The van der Waals surface area contributed by atoms with Crippen LogP contribution in [0.1, 0.15) is 42.6 Å². The summed E-state index contributed by atoms with van der Waals surface area (Å²) in [5.74, 6) is -0.466. The molecule has 0 unspecified atom stereocenters. The molecule has 5 nitrogen and oxygen atoms in total. The number of hydrogen-bond acceptors (Lipinski definition) is 3. The Morgan fingerprint density at radius 1 is 1.00 bits per heavy atom. The van der Waals surface area contributed by atoms with Gasteiger partial charge in [-0.05, 0) is 36.6 Å². The first-order chi connectivity index (χ1) is 12.5. The van der Waals surface area contributed by atoms with E-state index in [2.05, 4.69) is 24.1 Å². The van der Waals surface area contributed by atoms with E-state index in [-0.39, 0.29) is 5.91 Å². The molecule has 2 aromatic carbocycles. The number of fused-ring (bicyclic) bond motifs is 1. The zero-order valence-electron chi connectivity index (χ0n) is 15.1. The van der Waals surface area contributed by atoms with Gasteiger partial charge in [0, 0.05) is 22.8 Å². The predicted octanol–water partition coefficient (Wildman–Crippen LogP) is 4.48. The maximum absolute atomic E-state index is 12.4. The fourth-order valence-corrected chi connectivity index (χ4v) is 2.71. The van der Waals surface area contributed by atoms with Gasteiger partial charge in [0.05, 0.1) is 5.56 Å². The quantitative estimate of drug-likeness (QED) is 0.667. The van der Waals surface area contributed by atoms with Gasteiger partial charge in [0.15, 0.2) is 6.10 Å². The standard InChI is InChI=1S/C21H22N2O3/c1-13(2)15-8-10-16(11-9-15)23-20(24)14(3)26-21(25)18-12-22-19-7-5-4-6-17(18)19/h4-14,22H,1-3H3,(H,23,24)/t14-/m0/s1. The molecule has 1 amide bonds. The minimum absolute atomic E-state index is 0.365. The third-order valence-electron chi connectivity index (χ3n) is 4.31. The van der Waals surface area contributed by atoms with Crippen molar-refractivity contribution < 1.29 is 14.3 Å². The van der Waals surface area contributed by atoms with Crippen molar-refractivity contribution in [2.24, 2.45) is 0 Å². The number of esters is 1. The van der Waals surface area contributed by atoms with Crippen LogP contribution in [-0.4, -0.2) is 23.0 Å². The number of carbonyl (C=O) groups excluding carboxylic acids is 2. The summed E-state index contributed by atoms with van der Waals surface area (Å²) in [5, 5.41) is 3.54. The lowest BCUT2D eigenvalue weighted by atomic mass is 10.0. The average Bonchev–Trinajstić information content (AvgIpc) is 3.06. The van der Waals surface area contributed by atoms with E-state index >= 15 is 0 Å². The van der Waals surface area contributed by atoms with Crippen molar-refractivity contribution in [3.63, 3.8) is 0 Å². The summed E-state index contributed by atoms with van der Waals surface area (Å²) in [4.78, 5) is 27.7. The van der Waals surface area contributed by atoms with Crippen molar-refractivity contribution in [2.45, 2.75) is 32.8 Å². The number of nitrogens with one attached hydrogen (secondary N) is 2. The zero-order chi connectivity index (χ0) is 18.7. The minimum atomic E-state index is -0.902. The number of carbonyl (C=O) groups is 2. The van der Waals surface area contributed by atoms with Crippen LogP contribution < -0.4 is 5.32 Å². The van der Waals surface area contributed by atoms with Gasteiger partial charge in [0.1, 0.15) is 0 Å². The van der Waals surface area contributed by atoms with E-state index in [0.29, 0.717) is 17.2 Å². The van der Waals surface area contributed by atoms with Gasteiger partial charge < -0.3 is 15.0 Å². The first-order valence-corrected chi connectivity index (χ1v) is 8.63. The Kier molecular flexibility index (Phi) is 5.07. The molecule has 0 radical (unpaired) electrons. The smallest absolute Gasteiger partial charge is 0.341 e. The lowest BCUT2D eigenvalue weighted by molar-refractivity contribution is -0.123. The molecule has 3 rings (SSSR count). The summed E-state index contributed by atoms with van der Waals surface area (Å²) in [6, 6.07) is 15.1. The Labute approximate surface area is 152 Å². The number of hydrogen-bond donors (Lipinski definition) is 2. The van der Waals surface area contributed by atoms with Crippen molar-refractivity contribution in [1.82, 2.24) is 4.98 Å². The lowest BCUT2D eigenvalue weighted by Gasteiger charge is -2.14. The molecular weight excluding hydrogens is 328 g/mol. The number of ether oxygens (including phenoxy) is 1. The molecule has 0 saturated carbocycles. The molecule has 26 heavy (non-hydrogen) atoms. The molecule has 3 aromatic rings. The normalized spacial score (nSPS) is 12.2. The lowest BCUT2D eigenvalue weighted by Crippen LogP contribution is -2.29. The molecule has 0 saturated heterocycles. The predicted molar refractivity (Wildman–Crippen MR) is 102 cm³/mol. The maximum atomic E-state index is 12.4. The van der Waals surface area contributed by atoms with Gasteiger partial charge in [0.2, 0.25) is 0 Å². The molecule has 5 heteroatoms. The second-order valence-electron chi connectivity index (χ2n) is 6.56. The van der Waals surface area contributed by atoms with Crippen LogP contribution >= 0.6 is 0 Å². The number of benzene rings is 2. The highest BCUT2D eigenvalue weighted by Gasteiger charge is 2.21. The van der Waals surface area contributed by atoms with Crippen LogP contribution in [0.15, 0.2) is 54.7 Å². The molecule has 2 N–H and O–H groups in total. The number of rotatable bonds is 5. The number of amides is 1. The van der Waals surface area contributed by atoms with E-state index in [1.807, 2.05) is 48.5 Å². The first-order valence-electron chi connectivity index (χ1n) is 8.63. The number of para-hydroxylation sites is 1. The number of anilines is 1. The van der Waals surface area contributed by atoms with Crippen LogP contribution in [0.25, 0.3) is 10.9 Å². The number of aromatic nitrogens is 1. The minimum Gasteiger partial charge on any atom is -0.449 e. The first kappa shape index (κ1) is 17.7. The Bertz CT molecular complexity index is 926. The van der Waals surface area contributed by atoms with Gasteiger partial charge >= 0.3 is 5.97 Å². The molecular formula is C21H22N2O3. The van der Waals surface area contributed by atoms with Crippen LogP contribution in [0.4, 0.5) is 5.69 Å². The second kappa shape index (κ2) is 7.44. The SMILES string of the molecule is CC(C)c1ccc(NC(=O)[C@H](C)OC(=O)c2c[nH]c3ccccc23)cc1.